The van der Waals surface area contributed by atoms with Gasteiger partial charge in [-0.25, -0.2) is 4.21 Å². The number of aromatic hydroxyl groups is 1. The Morgan fingerprint density at radius 1 is 1.38 bits per heavy atom. The van der Waals surface area contributed by atoms with E-state index in [0.717, 1.165) is 12.1 Å². The summed E-state index contributed by atoms with van der Waals surface area (Å²) >= 11 is -2.45. The van der Waals surface area contributed by atoms with Gasteiger partial charge in [0.25, 0.3) is 0 Å². The first-order valence-electron chi connectivity index (χ1n) is 3.66. The van der Waals surface area contributed by atoms with Gasteiger partial charge in [0, 0.05) is 0 Å². The summed E-state index contributed by atoms with van der Waals surface area (Å²) < 4.78 is 45.6. The Morgan fingerprint density at radius 3 is 2.38 bits per heavy atom. The Balaban J connectivity index is 3.57. The predicted molar refractivity (Wildman–Crippen MR) is 54.0 cm³/mol. The molecule has 0 fully saturated rings. The van der Waals surface area contributed by atoms with E-state index in [1.54, 1.807) is 0 Å². The first-order chi connectivity index (χ1) is 7.29. The van der Waals surface area contributed by atoms with E-state index in [0.29, 0.717) is 0 Å². The highest BCUT2D eigenvalue weighted by molar-refractivity contribution is 7.87. The average molecular weight is 268 g/mol. The Bertz CT molecular complexity index is 540. The number of anilines is 1. The van der Waals surface area contributed by atoms with Gasteiger partial charge in [-0.1, -0.05) is 0 Å². The van der Waals surface area contributed by atoms with Crippen molar-refractivity contribution in [1.82, 2.24) is 0 Å². The van der Waals surface area contributed by atoms with Gasteiger partial charge >= 0.3 is 10.1 Å². The summed E-state index contributed by atoms with van der Waals surface area (Å²) in [5.41, 5.74) is 4.88. The van der Waals surface area contributed by atoms with Gasteiger partial charge in [0.1, 0.15) is 4.90 Å². The second-order valence-corrected chi connectivity index (χ2v) is 5.17. The van der Waals surface area contributed by atoms with Crippen LogP contribution in [0.3, 0.4) is 0 Å². The first-order valence-corrected chi connectivity index (χ1v) is 6.18. The van der Waals surface area contributed by atoms with Gasteiger partial charge in [0.2, 0.25) is 0 Å². The SMILES string of the molecule is NOS(=O)(=O)c1cc(S(=O)O)cc(N)c1O. The molecular formula is C6H8N2O6S2. The van der Waals surface area contributed by atoms with Crippen molar-refractivity contribution in [2.45, 2.75) is 9.79 Å². The number of nitrogens with two attached hydrogens (primary N) is 2. The largest absolute Gasteiger partial charge is 0.504 e. The fourth-order valence-corrected chi connectivity index (χ4v) is 2.20. The monoisotopic (exact) mass is 268 g/mol. The fraction of sp³-hybridized carbons (Fsp3) is 0. The first kappa shape index (κ1) is 12.9. The number of hydrogen-bond acceptors (Lipinski definition) is 7. The number of hydrogen-bond donors (Lipinski definition) is 4. The number of nitrogen functional groups attached to an aromatic ring is 1. The summed E-state index contributed by atoms with van der Waals surface area (Å²) in [4.78, 5) is -1.07. The molecule has 1 rings (SSSR count). The maximum Gasteiger partial charge on any atom is 0.316 e. The van der Waals surface area contributed by atoms with Crippen molar-refractivity contribution in [1.29, 1.82) is 0 Å². The molecule has 8 nitrogen and oxygen atoms in total. The van der Waals surface area contributed by atoms with E-state index < -0.39 is 31.8 Å². The van der Waals surface area contributed by atoms with Crippen LogP contribution in [0.1, 0.15) is 0 Å². The zero-order valence-corrected chi connectivity index (χ0v) is 9.29. The van der Waals surface area contributed by atoms with Crippen LogP contribution in [0.25, 0.3) is 0 Å². The molecule has 1 aromatic rings. The molecule has 0 radical (unpaired) electrons. The molecular weight excluding hydrogens is 260 g/mol. The maximum absolute atomic E-state index is 11.2. The molecule has 0 saturated heterocycles. The van der Waals surface area contributed by atoms with Gasteiger partial charge < -0.3 is 15.4 Å². The minimum atomic E-state index is -4.41. The normalized spacial score (nSPS) is 13.6. The highest BCUT2D eigenvalue weighted by atomic mass is 32.2. The van der Waals surface area contributed by atoms with Crippen molar-refractivity contribution in [2.24, 2.45) is 5.90 Å². The van der Waals surface area contributed by atoms with Crippen LogP contribution in [0.2, 0.25) is 0 Å². The Kier molecular flexibility index (Phi) is 3.50. The second kappa shape index (κ2) is 4.35. The summed E-state index contributed by atoms with van der Waals surface area (Å²) in [6.07, 6.45) is 0. The van der Waals surface area contributed by atoms with Crippen LogP contribution in [0, 0.1) is 0 Å². The molecule has 0 bridgehead atoms. The van der Waals surface area contributed by atoms with Crippen LogP contribution >= 0.6 is 0 Å². The summed E-state index contributed by atoms with van der Waals surface area (Å²) in [5.74, 6) is 3.71. The smallest absolute Gasteiger partial charge is 0.316 e. The van der Waals surface area contributed by atoms with Crippen molar-refractivity contribution in [3.8, 4) is 5.75 Å². The molecule has 0 aliphatic rings. The van der Waals surface area contributed by atoms with Crippen LogP contribution in [0.4, 0.5) is 5.69 Å². The quantitative estimate of drug-likeness (QED) is 0.239. The molecule has 6 N–H and O–H groups in total. The molecule has 0 amide bonds. The Morgan fingerprint density at radius 2 is 1.94 bits per heavy atom. The standard InChI is InChI=1S/C6H8N2O6S2/c7-4-1-3(15(10)11)2-5(6(4)9)16(12,13)14-8/h1-2,9H,7-8H2,(H,10,11). The van der Waals surface area contributed by atoms with Gasteiger partial charge in [0.15, 0.2) is 16.8 Å². The van der Waals surface area contributed by atoms with Crippen molar-refractivity contribution >= 4 is 26.9 Å². The lowest BCUT2D eigenvalue weighted by atomic mass is 10.3. The minimum Gasteiger partial charge on any atom is -0.504 e. The number of phenols is 1. The van der Waals surface area contributed by atoms with E-state index in [-0.39, 0.29) is 10.6 Å². The predicted octanol–water partition coefficient (Wildman–Crippen LogP) is -0.866. The summed E-state index contributed by atoms with van der Waals surface area (Å²) in [7, 11) is -4.41. The number of phenolic OH excluding ortho intramolecular Hbond substituents is 1. The molecule has 0 heterocycles. The second-order valence-electron chi connectivity index (χ2n) is 2.66. The molecule has 0 saturated carbocycles. The highest BCUT2D eigenvalue weighted by Crippen LogP contribution is 2.32. The summed E-state index contributed by atoms with van der Waals surface area (Å²) in [5, 5.41) is 9.35. The van der Waals surface area contributed by atoms with E-state index in [4.69, 9.17) is 10.3 Å². The molecule has 0 aliphatic heterocycles. The average Bonchev–Trinajstić information content (AvgIpc) is 2.21. The summed E-state index contributed by atoms with van der Waals surface area (Å²) in [6.45, 7) is 0. The van der Waals surface area contributed by atoms with Gasteiger partial charge in [-0.15, -0.1) is 0 Å². The van der Waals surface area contributed by atoms with Crippen molar-refractivity contribution < 1.29 is 26.6 Å². The molecule has 0 aliphatic carbocycles. The van der Waals surface area contributed by atoms with E-state index in [9.17, 15) is 17.7 Å². The molecule has 10 heteroatoms. The van der Waals surface area contributed by atoms with Crippen LogP contribution in [0.5, 0.6) is 5.75 Å². The van der Waals surface area contributed by atoms with Crippen LogP contribution < -0.4 is 11.6 Å². The van der Waals surface area contributed by atoms with E-state index in [2.05, 4.69) is 10.2 Å². The van der Waals surface area contributed by atoms with E-state index in [1.807, 2.05) is 0 Å². The third-order valence-electron chi connectivity index (χ3n) is 1.68. The Hall–Kier alpha value is -1.20. The zero-order chi connectivity index (χ0) is 12.5. The molecule has 1 unspecified atom stereocenters. The van der Waals surface area contributed by atoms with E-state index >= 15 is 0 Å². The zero-order valence-electron chi connectivity index (χ0n) is 7.65. The molecule has 1 atom stereocenters. The van der Waals surface area contributed by atoms with Crippen molar-refractivity contribution in [3.63, 3.8) is 0 Å². The highest BCUT2D eigenvalue weighted by Gasteiger charge is 2.23. The van der Waals surface area contributed by atoms with Gasteiger partial charge in [0.05, 0.1) is 10.6 Å². The van der Waals surface area contributed by atoms with Crippen LogP contribution in [0.15, 0.2) is 21.9 Å². The molecule has 16 heavy (non-hydrogen) atoms. The number of benzene rings is 1. The molecule has 0 spiro atoms. The molecule has 0 aromatic heterocycles. The van der Waals surface area contributed by atoms with Crippen molar-refractivity contribution in [3.05, 3.63) is 12.1 Å². The summed E-state index contributed by atoms with van der Waals surface area (Å²) in [6, 6.07) is 1.70. The van der Waals surface area contributed by atoms with Crippen LogP contribution in [-0.4, -0.2) is 22.3 Å². The molecule has 90 valence electrons. The van der Waals surface area contributed by atoms with Gasteiger partial charge in [-0.05, 0) is 12.1 Å². The third-order valence-corrected chi connectivity index (χ3v) is 3.42. The number of rotatable bonds is 3. The van der Waals surface area contributed by atoms with Crippen molar-refractivity contribution in [2.75, 3.05) is 5.73 Å². The van der Waals surface area contributed by atoms with E-state index in [1.165, 1.54) is 0 Å². The lowest BCUT2D eigenvalue weighted by Gasteiger charge is -2.07. The van der Waals surface area contributed by atoms with Gasteiger partial charge in [-0.3, -0.25) is 0 Å². The fourth-order valence-electron chi connectivity index (χ4n) is 0.946. The van der Waals surface area contributed by atoms with Gasteiger partial charge in [-0.2, -0.15) is 18.6 Å². The topological polar surface area (TPSA) is 153 Å². The lowest BCUT2D eigenvalue weighted by Crippen LogP contribution is -2.12. The minimum absolute atomic E-state index is 0.300. The van der Waals surface area contributed by atoms with Crippen LogP contribution in [-0.2, 0) is 25.5 Å². The Labute approximate surface area is 93.2 Å². The lowest BCUT2D eigenvalue weighted by molar-refractivity contribution is 0.329. The molecule has 1 aromatic carbocycles. The third kappa shape index (κ3) is 2.31. The maximum atomic E-state index is 11.2.